The van der Waals surface area contributed by atoms with Crippen molar-refractivity contribution in [2.45, 2.75) is 31.9 Å². The van der Waals surface area contributed by atoms with Gasteiger partial charge in [0.25, 0.3) is 0 Å². The maximum Gasteiger partial charge on any atom is 0.303 e. The average Bonchev–Trinajstić information content (AvgIpc) is 1.98. The Hall–Kier alpha value is -0.940. The van der Waals surface area contributed by atoms with Crippen LogP contribution in [0.15, 0.2) is 0 Å². The first kappa shape index (κ1) is 11.1. The van der Waals surface area contributed by atoms with Gasteiger partial charge in [-0.3, -0.25) is 9.59 Å². The number of carboxylic acids is 1. The summed E-state index contributed by atoms with van der Waals surface area (Å²) in [6.45, 7) is 1.31. The van der Waals surface area contributed by atoms with Crippen molar-refractivity contribution in [1.82, 2.24) is 0 Å². The minimum absolute atomic E-state index is 0.0685. The van der Waals surface area contributed by atoms with Gasteiger partial charge in [-0.25, -0.2) is 0 Å². The van der Waals surface area contributed by atoms with Gasteiger partial charge in [0, 0.05) is 6.42 Å². The number of aliphatic hydroxyl groups excluding tert-OH is 1. The number of carboxylic acid groups (broad SMARTS) is 1. The van der Waals surface area contributed by atoms with Crippen LogP contribution < -0.4 is 5.73 Å². The molecule has 0 aromatic heterocycles. The molecule has 5 heteroatoms. The zero-order chi connectivity index (χ0) is 9.72. The van der Waals surface area contributed by atoms with Gasteiger partial charge in [-0.1, -0.05) is 0 Å². The van der Waals surface area contributed by atoms with Gasteiger partial charge in [0.15, 0.2) is 5.78 Å². The van der Waals surface area contributed by atoms with Gasteiger partial charge in [0.2, 0.25) is 0 Å². The van der Waals surface area contributed by atoms with Crippen molar-refractivity contribution in [1.29, 1.82) is 0 Å². The molecule has 0 radical (unpaired) electrons. The molecule has 0 saturated heterocycles. The van der Waals surface area contributed by atoms with Crippen LogP contribution in [0.1, 0.15) is 19.8 Å². The van der Waals surface area contributed by atoms with Crippen molar-refractivity contribution >= 4 is 11.8 Å². The Labute approximate surface area is 70.2 Å². The summed E-state index contributed by atoms with van der Waals surface area (Å²) in [5, 5.41) is 17.0. The molecular weight excluding hydrogens is 162 g/mol. The summed E-state index contributed by atoms with van der Waals surface area (Å²) in [6.07, 6.45) is -1.20. The van der Waals surface area contributed by atoms with Crippen molar-refractivity contribution in [2.24, 2.45) is 5.73 Å². The van der Waals surface area contributed by atoms with E-state index < -0.39 is 23.9 Å². The predicted molar refractivity (Wildman–Crippen MR) is 41.5 cm³/mol. The van der Waals surface area contributed by atoms with Crippen LogP contribution >= 0.6 is 0 Å². The van der Waals surface area contributed by atoms with Gasteiger partial charge in [-0.2, -0.15) is 0 Å². The fourth-order valence-electron chi connectivity index (χ4n) is 0.731. The molecule has 5 nitrogen and oxygen atoms in total. The van der Waals surface area contributed by atoms with E-state index in [4.69, 9.17) is 15.9 Å². The van der Waals surface area contributed by atoms with Gasteiger partial charge < -0.3 is 15.9 Å². The zero-order valence-electron chi connectivity index (χ0n) is 6.86. The predicted octanol–water partition coefficient (Wildman–Crippen LogP) is -0.872. The molecule has 1 unspecified atom stereocenters. The summed E-state index contributed by atoms with van der Waals surface area (Å²) in [5.41, 5.74) is 5.29. The average molecular weight is 175 g/mol. The normalized spacial score (nSPS) is 15.2. The first-order chi connectivity index (χ1) is 5.45. The number of nitrogens with two attached hydrogens (primary N) is 1. The number of hydrogen-bond donors (Lipinski definition) is 3. The van der Waals surface area contributed by atoms with E-state index in [1.165, 1.54) is 6.92 Å². The molecule has 0 aliphatic carbocycles. The van der Waals surface area contributed by atoms with E-state index in [2.05, 4.69) is 0 Å². The Balaban J connectivity index is 3.79. The number of hydrogen-bond acceptors (Lipinski definition) is 4. The number of aliphatic carboxylic acids is 1. The van der Waals surface area contributed by atoms with Crippen LogP contribution in [0.3, 0.4) is 0 Å². The number of ketones is 1. The van der Waals surface area contributed by atoms with E-state index in [0.717, 1.165) is 0 Å². The van der Waals surface area contributed by atoms with Gasteiger partial charge in [-0.15, -0.1) is 0 Å². The highest BCUT2D eigenvalue weighted by atomic mass is 16.4. The Morgan fingerprint density at radius 2 is 2.00 bits per heavy atom. The summed E-state index contributed by atoms with van der Waals surface area (Å²) in [7, 11) is 0. The Bertz CT molecular complexity index is 178. The highest BCUT2D eigenvalue weighted by Gasteiger charge is 2.18. The van der Waals surface area contributed by atoms with Crippen molar-refractivity contribution < 1.29 is 19.8 Å². The molecular formula is C7H13NO4. The molecule has 0 rings (SSSR count). The molecule has 0 aliphatic rings. The van der Waals surface area contributed by atoms with Crippen LogP contribution in [0.4, 0.5) is 0 Å². The summed E-state index contributed by atoms with van der Waals surface area (Å²) < 4.78 is 0. The van der Waals surface area contributed by atoms with Gasteiger partial charge in [-0.05, 0) is 13.3 Å². The Kier molecular flexibility index (Phi) is 4.46. The molecule has 70 valence electrons. The summed E-state index contributed by atoms with van der Waals surface area (Å²) in [6, 6.07) is -0.874. The second-order valence-electron chi connectivity index (χ2n) is 2.62. The molecule has 0 spiro atoms. The first-order valence-corrected chi connectivity index (χ1v) is 3.64. The molecule has 2 atom stereocenters. The smallest absolute Gasteiger partial charge is 0.303 e. The first-order valence-electron chi connectivity index (χ1n) is 3.64. The van der Waals surface area contributed by atoms with E-state index in [9.17, 15) is 9.59 Å². The van der Waals surface area contributed by atoms with Gasteiger partial charge in [0.05, 0.1) is 6.04 Å². The van der Waals surface area contributed by atoms with Gasteiger partial charge >= 0.3 is 5.97 Å². The zero-order valence-corrected chi connectivity index (χ0v) is 6.86. The molecule has 0 aromatic rings. The van der Waals surface area contributed by atoms with Gasteiger partial charge in [0.1, 0.15) is 6.10 Å². The second-order valence-corrected chi connectivity index (χ2v) is 2.62. The van der Waals surface area contributed by atoms with Crippen molar-refractivity contribution in [2.75, 3.05) is 0 Å². The number of carbonyl (C=O) groups excluding carboxylic acids is 1. The molecule has 4 N–H and O–H groups in total. The molecule has 12 heavy (non-hydrogen) atoms. The fraction of sp³-hybridized carbons (Fsp3) is 0.714. The fourth-order valence-corrected chi connectivity index (χ4v) is 0.731. The maximum atomic E-state index is 10.9. The van der Waals surface area contributed by atoms with E-state index in [1.54, 1.807) is 0 Å². The van der Waals surface area contributed by atoms with Crippen LogP contribution in [0.2, 0.25) is 0 Å². The topological polar surface area (TPSA) is 101 Å². The number of carbonyl (C=O) groups is 2. The van der Waals surface area contributed by atoms with Crippen LogP contribution in [0.5, 0.6) is 0 Å². The highest BCUT2D eigenvalue weighted by molar-refractivity contribution is 5.87. The number of aliphatic hydroxyl groups is 1. The van der Waals surface area contributed by atoms with E-state index in [0.29, 0.717) is 0 Å². The van der Waals surface area contributed by atoms with E-state index in [-0.39, 0.29) is 12.8 Å². The molecule has 0 bridgehead atoms. The summed E-state index contributed by atoms with van der Waals surface area (Å²) >= 11 is 0. The lowest BCUT2D eigenvalue weighted by Gasteiger charge is -2.10. The highest BCUT2D eigenvalue weighted by Crippen LogP contribution is 1.98. The summed E-state index contributed by atoms with van der Waals surface area (Å²) in [4.78, 5) is 21.0. The van der Waals surface area contributed by atoms with Crippen LogP contribution in [-0.4, -0.2) is 34.1 Å². The lowest BCUT2D eigenvalue weighted by molar-refractivity contribution is -0.137. The second kappa shape index (κ2) is 4.84. The number of Topliss-reactive ketones (excluding diaryl/α,β-unsaturated/α-hetero) is 1. The minimum atomic E-state index is -1.12. The molecule has 0 aromatic carbocycles. The molecule has 0 amide bonds. The van der Waals surface area contributed by atoms with Crippen LogP contribution in [0.25, 0.3) is 0 Å². The van der Waals surface area contributed by atoms with Crippen molar-refractivity contribution in [3.8, 4) is 0 Å². The molecule has 0 fully saturated rings. The van der Waals surface area contributed by atoms with Crippen LogP contribution in [0, 0.1) is 0 Å². The third kappa shape index (κ3) is 4.05. The third-order valence-corrected chi connectivity index (χ3v) is 1.45. The quantitative estimate of drug-likeness (QED) is 0.504. The lowest BCUT2D eigenvalue weighted by Crippen LogP contribution is -2.37. The van der Waals surface area contributed by atoms with Crippen molar-refractivity contribution in [3.05, 3.63) is 0 Å². The summed E-state index contributed by atoms with van der Waals surface area (Å²) in [5.74, 6) is -1.51. The monoisotopic (exact) mass is 175 g/mol. The van der Waals surface area contributed by atoms with E-state index >= 15 is 0 Å². The van der Waals surface area contributed by atoms with Crippen molar-refractivity contribution in [3.63, 3.8) is 0 Å². The SMILES string of the molecule is CC(O)C(=O)[C@@H](N)CCC(=O)O. The van der Waals surface area contributed by atoms with E-state index in [1.807, 2.05) is 0 Å². The number of rotatable bonds is 5. The third-order valence-electron chi connectivity index (χ3n) is 1.45. The standard InChI is InChI=1S/C7H13NO4/c1-4(9)7(12)5(8)2-3-6(10)11/h4-5,9H,2-3,8H2,1H3,(H,10,11)/t4?,5-/m0/s1. The Morgan fingerprint density at radius 3 is 2.33 bits per heavy atom. The largest absolute Gasteiger partial charge is 0.481 e. The minimum Gasteiger partial charge on any atom is -0.481 e. The molecule has 0 saturated carbocycles. The molecule has 0 aliphatic heterocycles. The lowest BCUT2D eigenvalue weighted by atomic mass is 10.0. The molecule has 0 heterocycles. The maximum absolute atomic E-state index is 10.9. The van der Waals surface area contributed by atoms with Crippen LogP contribution in [-0.2, 0) is 9.59 Å². The Morgan fingerprint density at radius 1 is 1.50 bits per heavy atom.